The van der Waals surface area contributed by atoms with Crippen molar-refractivity contribution in [1.82, 2.24) is 42.5 Å². The van der Waals surface area contributed by atoms with Crippen molar-refractivity contribution < 1.29 is 58.2 Å². The van der Waals surface area contributed by atoms with Crippen molar-refractivity contribution in [3.8, 4) is 5.75 Å². The summed E-state index contributed by atoms with van der Waals surface area (Å²) in [6, 6.07) is -2.07. The number of carbonyl (C=O) groups is 10. The number of aromatic hydroxyl groups is 1. The largest absolute Gasteiger partial charge is 0.508 e. The highest BCUT2D eigenvalue weighted by atomic mass is 16.4. The van der Waals surface area contributed by atoms with Crippen LogP contribution in [0.4, 0.5) is 0 Å². The van der Waals surface area contributed by atoms with Crippen molar-refractivity contribution in [3.63, 3.8) is 0 Å². The van der Waals surface area contributed by atoms with Crippen LogP contribution in [0.3, 0.4) is 0 Å². The van der Waals surface area contributed by atoms with Crippen LogP contribution in [-0.4, -0.2) is 125 Å². The number of primary amides is 1. The van der Waals surface area contributed by atoms with Gasteiger partial charge in [0.2, 0.25) is 53.2 Å². The first-order valence-electron chi connectivity index (χ1n) is 22.2. The summed E-state index contributed by atoms with van der Waals surface area (Å²) in [5, 5.41) is 38.7. The van der Waals surface area contributed by atoms with Crippen molar-refractivity contribution in [1.29, 1.82) is 0 Å². The van der Waals surface area contributed by atoms with E-state index in [-0.39, 0.29) is 49.7 Å². The van der Waals surface area contributed by atoms with Crippen molar-refractivity contribution in [2.75, 3.05) is 13.1 Å². The van der Waals surface area contributed by atoms with E-state index in [9.17, 15) is 53.1 Å². The Balaban J connectivity index is 3.09. The average Bonchev–Trinajstić information content (AvgIpc) is 3.23. The summed E-state index contributed by atoms with van der Waals surface area (Å²) in [5.41, 5.74) is 12.1. The molecule has 1 aromatic carbocycles. The molecule has 9 amide bonds. The molecule has 0 saturated heterocycles. The minimum Gasteiger partial charge on any atom is -0.508 e. The molecule has 66 heavy (non-hydrogen) atoms. The number of rotatable bonds is 29. The SMILES string of the molecule is CC[C@H](C)[C@H](NC(=O)CNC(=O)[C@@H](NC(=O)[C@H](CC(C)C)NC(=O)[C@H](CC(C)C)NC(=O)[C@@H](N)Cc1ccc(O)cc1)C(C)C)C(=O)N[C@@H](CCC(N)=O)C(=O)NCC(=O)N[C@@H](C)C(=O)O. The van der Waals surface area contributed by atoms with E-state index in [4.69, 9.17) is 16.6 Å². The van der Waals surface area contributed by atoms with Crippen molar-refractivity contribution in [3.05, 3.63) is 29.8 Å². The maximum atomic E-state index is 13.8. The lowest BCUT2D eigenvalue weighted by Gasteiger charge is -2.28. The fraction of sp³-hybridized carbons (Fsp3) is 0.636. The molecule has 1 aromatic rings. The van der Waals surface area contributed by atoms with Crippen LogP contribution in [0.2, 0.25) is 0 Å². The van der Waals surface area contributed by atoms with E-state index in [1.54, 1.807) is 39.8 Å². The van der Waals surface area contributed by atoms with Crippen LogP contribution >= 0.6 is 0 Å². The Labute approximate surface area is 386 Å². The number of carbonyl (C=O) groups excluding carboxylic acids is 9. The topological polar surface area (TPSA) is 359 Å². The first kappa shape index (κ1) is 57.7. The van der Waals surface area contributed by atoms with Crippen LogP contribution in [0.25, 0.3) is 0 Å². The Morgan fingerprint density at radius 1 is 0.591 bits per heavy atom. The van der Waals surface area contributed by atoms with Crippen LogP contribution in [0.1, 0.15) is 100.0 Å². The molecular formula is C44H72N10O12. The smallest absolute Gasteiger partial charge is 0.325 e. The van der Waals surface area contributed by atoms with E-state index in [1.807, 2.05) is 27.7 Å². The quantitative estimate of drug-likeness (QED) is 0.0439. The predicted molar refractivity (Wildman–Crippen MR) is 242 cm³/mol. The standard InChI is InChI=1S/C44H72N10O12/c1-10-25(8)37(43(64)50-30(15-16-33(46)56)39(60)47-20-34(57)49-26(9)44(65)66)53-35(58)21-48-42(63)36(24(6)7)54-41(62)32(18-23(4)5)52-40(61)31(17-22(2)3)51-38(59)29(45)19-27-11-13-28(55)14-12-27/h11-14,22-26,29-32,36-37,55H,10,15-21,45H2,1-9H3,(H2,46,56)(H,47,60)(H,48,63)(H,49,57)(H,50,64)(H,51,59)(H,52,61)(H,53,58)(H,54,62)(H,65,66)/t25-,26-,29-,30-,31-,32-,36-,37-/m0/s1. The van der Waals surface area contributed by atoms with E-state index >= 15 is 0 Å². The molecule has 0 saturated carbocycles. The summed E-state index contributed by atoms with van der Waals surface area (Å²) >= 11 is 0. The number of carboxylic acids is 1. The highest BCUT2D eigenvalue weighted by molar-refractivity contribution is 5.97. The van der Waals surface area contributed by atoms with Crippen LogP contribution < -0.4 is 54.0 Å². The monoisotopic (exact) mass is 933 g/mol. The summed E-state index contributed by atoms with van der Waals surface area (Å²) in [5.74, 6) is -9.19. The van der Waals surface area contributed by atoms with Crippen molar-refractivity contribution >= 4 is 59.1 Å². The Morgan fingerprint density at radius 3 is 1.56 bits per heavy atom. The summed E-state index contributed by atoms with van der Waals surface area (Å²) in [7, 11) is 0. The fourth-order valence-electron chi connectivity index (χ4n) is 6.39. The van der Waals surface area contributed by atoms with Gasteiger partial charge in [-0.1, -0.05) is 73.9 Å². The minimum absolute atomic E-state index is 0.0474. The molecule has 0 radical (unpaired) electrons. The zero-order valence-electron chi connectivity index (χ0n) is 39.4. The summed E-state index contributed by atoms with van der Waals surface area (Å²) in [6.07, 6.45) is 0.300. The van der Waals surface area contributed by atoms with Gasteiger partial charge in [-0.05, 0) is 74.0 Å². The van der Waals surface area contributed by atoms with Gasteiger partial charge in [-0.25, -0.2) is 0 Å². The van der Waals surface area contributed by atoms with E-state index < -0.39 is 126 Å². The predicted octanol–water partition coefficient (Wildman–Crippen LogP) is -1.43. The fourth-order valence-corrected chi connectivity index (χ4v) is 6.39. The van der Waals surface area contributed by atoms with Gasteiger partial charge in [0.1, 0.15) is 42.0 Å². The summed E-state index contributed by atoms with van der Waals surface area (Å²) in [4.78, 5) is 129. The molecule has 0 aliphatic carbocycles. The number of nitrogens with one attached hydrogen (secondary N) is 8. The lowest BCUT2D eigenvalue weighted by Crippen LogP contribution is -2.59. The Kier molecular flexibility index (Phi) is 25.0. The highest BCUT2D eigenvalue weighted by Gasteiger charge is 2.34. The number of phenolic OH excluding ortho intramolecular Hbond substituents is 1. The maximum Gasteiger partial charge on any atom is 0.325 e. The second kappa shape index (κ2) is 28.6. The van der Waals surface area contributed by atoms with Crippen LogP contribution in [0.15, 0.2) is 24.3 Å². The van der Waals surface area contributed by atoms with Gasteiger partial charge in [0.05, 0.1) is 19.1 Å². The molecule has 0 fully saturated rings. The molecule has 0 bridgehead atoms. The van der Waals surface area contributed by atoms with E-state index in [1.165, 1.54) is 19.1 Å². The van der Waals surface area contributed by atoms with Crippen molar-refractivity contribution in [2.24, 2.45) is 35.1 Å². The van der Waals surface area contributed by atoms with Gasteiger partial charge in [0, 0.05) is 6.42 Å². The molecule has 0 heterocycles. The van der Waals surface area contributed by atoms with Gasteiger partial charge in [0.25, 0.3) is 0 Å². The highest BCUT2D eigenvalue weighted by Crippen LogP contribution is 2.14. The zero-order valence-corrected chi connectivity index (χ0v) is 39.4. The second-order valence-corrected chi connectivity index (χ2v) is 17.6. The maximum absolute atomic E-state index is 13.8. The number of benzene rings is 1. The third kappa shape index (κ3) is 21.6. The molecule has 0 aromatic heterocycles. The lowest BCUT2D eigenvalue weighted by atomic mass is 9.97. The number of aliphatic carboxylic acids is 1. The normalized spacial score (nSPS) is 14.8. The number of nitrogens with two attached hydrogens (primary N) is 2. The molecule has 8 atom stereocenters. The van der Waals surface area contributed by atoms with Gasteiger partial charge >= 0.3 is 5.97 Å². The van der Waals surface area contributed by atoms with Crippen molar-refractivity contribution in [2.45, 2.75) is 143 Å². The molecule has 0 unspecified atom stereocenters. The van der Waals surface area contributed by atoms with Gasteiger partial charge < -0.3 is 64.2 Å². The van der Waals surface area contributed by atoms with E-state index in [0.717, 1.165) is 0 Å². The number of carboxylic acid groups (broad SMARTS) is 1. The van der Waals surface area contributed by atoms with Gasteiger partial charge in [-0.15, -0.1) is 0 Å². The molecule has 0 spiro atoms. The third-order valence-corrected chi connectivity index (χ3v) is 10.4. The average molecular weight is 933 g/mol. The first-order chi connectivity index (χ1) is 30.7. The summed E-state index contributed by atoms with van der Waals surface area (Å²) < 4.78 is 0. The molecule has 22 heteroatoms. The Morgan fingerprint density at radius 2 is 1.08 bits per heavy atom. The van der Waals surface area contributed by atoms with E-state index in [0.29, 0.717) is 12.0 Å². The molecule has 0 aliphatic heterocycles. The molecule has 0 aliphatic rings. The number of hydrogen-bond donors (Lipinski definition) is 12. The number of amides is 9. The third-order valence-electron chi connectivity index (χ3n) is 10.4. The molecule has 370 valence electrons. The molecule has 14 N–H and O–H groups in total. The van der Waals surface area contributed by atoms with Gasteiger partial charge in [-0.3, -0.25) is 47.9 Å². The Bertz CT molecular complexity index is 1840. The minimum atomic E-state index is -1.39. The Hall–Kier alpha value is -6.32. The zero-order chi connectivity index (χ0) is 50.4. The van der Waals surface area contributed by atoms with Gasteiger partial charge in [-0.2, -0.15) is 0 Å². The number of phenols is 1. The molecule has 1 rings (SSSR count). The molecule has 22 nitrogen and oxygen atoms in total. The van der Waals surface area contributed by atoms with E-state index in [2.05, 4.69) is 42.5 Å². The number of hydrogen-bond acceptors (Lipinski definition) is 12. The van der Waals surface area contributed by atoms with Crippen LogP contribution in [-0.2, 0) is 54.4 Å². The lowest BCUT2D eigenvalue weighted by molar-refractivity contribution is -0.141. The summed E-state index contributed by atoms with van der Waals surface area (Å²) in [6.45, 7) is 14.1. The van der Waals surface area contributed by atoms with Gasteiger partial charge in [0.15, 0.2) is 0 Å². The van der Waals surface area contributed by atoms with Crippen LogP contribution in [0, 0.1) is 23.7 Å². The second-order valence-electron chi connectivity index (χ2n) is 17.6. The molecular weight excluding hydrogens is 861 g/mol. The first-order valence-corrected chi connectivity index (χ1v) is 22.2. The van der Waals surface area contributed by atoms with Crippen LogP contribution in [0.5, 0.6) is 5.75 Å².